The number of rotatable bonds is 2. The predicted molar refractivity (Wildman–Crippen MR) is 54.8 cm³/mol. The fourth-order valence-corrected chi connectivity index (χ4v) is 2.13. The Hall–Kier alpha value is -1.08. The number of aromatic nitrogens is 2. The highest BCUT2D eigenvalue weighted by Gasteiger charge is 2.31. The number of nitrogens with two attached hydrogens (primary N) is 1. The summed E-state index contributed by atoms with van der Waals surface area (Å²) >= 11 is 0. The van der Waals surface area contributed by atoms with Gasteiger partial charge in [-0.2, -0.15) is 5.10 Å². The summed E-state index contributed by atoms with van der Waals surface area (Å²) in [6.45, 7) is 4.71. The number of ether oxygens (including phenoxy) is 1. The maximum atomic E-state index is 11.4. The van der Waals surface area contributed by atoms with Crippen molar-refractivity contribution in [2.45, 2.75) is 31.4 Å². The van der Waals surface area contributed by atoms with Crippen LogP contribution in [0.25, 0.3) is 0 Å². The van der Waals surface area contributed by atoms with Gasteiger partial charge in [0, 0.05) is 0 Å². The number of hydrogen-bond acceptors (Lipinski definition) is 4. The van der Waals surface area contributed by atoms with E-state index in [1.165, 1.54) is 6.20 Å². The molecule has 0 radical (unpaired) electrons. The van der Waals surface area contributed by atoms with Crippen molar-refractivity contribution in [1.82, 2.24) is 9.78 Å². The van der Waals surface area contributed by atoms with Crippen LogP contribution in [0.5, 0.6) is 5.88 Å². The zero-order valence-electron chi connectivity index (χ0n) is 8.64. The van der Waals surface area contributed by atoms with Crippen LogP contribution in [0.3, 0.4) is 0 Å². The minimum absolute atomic E-state index is 0.0224. The van der Waals surface area contributed by atoms with Crippen LogP contribution in [-0.4, -0.2) is 20.1 Å². The van der Waals surface area contributed by atoms with Crippen molar-refractivity contribution in [2.24, 2.45) is 11.1 Å². The summed E-state index contributed by atoms with van der Waals surface area (Å²) in [5, 5.41) is 9.27. The van der Waals surface area contributed by atoms with E-state index in [0.29, 0.717) is 18.3 Å². The number of nitrogens with one attached hydrogen (secondary N) is 1. The highest BCUT2D eigenvalue weighted by atomic mass is 32.2. The van der Waals surface area contributed by atoms with E-state index in [9.17, 15) is 4.21 Å². The lowest BCUT2D eigenvalue weighted by Gasteiger charge is -2.13. The smallest absolute Gasteiger partial charge is 0.231 e. The van der Waals surface area contributed by atoms with Crippen molar-refractivity contribution in [1.29, 1.82) is 4.78 Å². The van der Waals surface area contributed by atoms with Crippen molar-refractivity contribution in [3.05, 3.63) is 6.20 Å². The second-order valence-corrected chi connectivity index (χ2v) is 5.64. The third kappa shape index (κ3) is 1.72. The molecule has 84 valence electrons. The molecule has 0 saturated heterocycles. The first-order valence-corrected chi connectivity index (χ1v) is 6.30. The minimum Gasteiger partial charge on any atom is -0.471 e. The molecule has 2 heterocycles. The van der Waals surface area contributed by atoms with E-state index < -0.39 is 9.92 Å². The van der Waals surface area contributed by atoms with Crippen LogP contribution in [0.2, 0.25) is 0 Å². The van der Waals surface area contributed by atoms with Gasteiger partial charge in [-0.05, 0) is 5.92 Å². The van der Waals surface area contributed by atoms with Crippen molar-refractivity contribution in [3.63, 3.8) is 0 Å². The molecule has 0 spiro atoms. The van der Waals surface area contributed by atoms with Crippen LogP contribution in [-0.2, 0) is 16.5 Å². The molecular weight excluding hydrogens is 216 g/mol. The summed E-state index contributed by atoms with van der Waals surface area (Å²) in [7, 11) is -3.24. The van der Waals surface area contributed by atoms with Gasteiger partial charge in [0.25, 0.3) is 0 Å². The Bertz CT molecular complexity index is 477. The van der Waals surface area contributed by atoms with E-state index in [1.807, 2.05) is 13.8 Å². The van der Waals surface area contributed by atoms with E-state index in [4.69, 9.17) is 14.7 Å². The molecule has 2 unspecified atom stereocenters. The summed E-state index contributed by atoms with van der Waals surface area (Å²) in [6, 6.07) is 0. The summed E-state index contributed by atoms with van der Waals surface area (Å²) < 4.78 is 25.9. The van der Waals surface area contributed by atoms with Gasteiger partial charge >= 0.3 is 0 Å². The Kier molecular flexibility index (Phi) is 2.23. The highest BCUT2D eigenvalue weighted by Crippen LogP contribution is 2.31. The molecule has 2 atom stereocenters. The lowest BCUT2D eigenvalue weighted by atomic mass is 10.1. The fourth-order valence-electron chi connectivity index (χ4n) is 1.51. The zero-order valence-corrected chi connectivity index (χ0v) is 9.45. The summed E-state index contributed by atoms with van der Waals surface area (Å²) in [5.41, 5.74) is 0. The zero-order chi connectivity index (χ0) is 11.2. The second kappa shape index (κ2) is 3.21. The van der Waals surface area contributed by atoms with Gasteiger partial charge in [0.15, 0.2) is 0 Å². The molecule has 0 aliphatic carbocycles. The Balaban J connectivity index is 2.37. The maximum absolute atomic E-state index is 11.4. The van der Waals surface area contributed by atoms with Gasteiger partial charge in [-0.1, -0.05) is 13.8 Å². The highest BCUT2D eigenvalue weighted by molar-refractivity contribution is 7.90. The number of hydrogen-bond donors (Lipinski definition) is 2. The maximum Gasteiger partial charge on any atom is 0.231 e. The van der Waals surface area contributed by atoms with Crippen LogP contribution < -0.4 is 9.88 Å². The summed E-state index contributed by atoms with van der Waals surface area (Å²) in [5.74, 6) is 0.732. The van der Waals surface area contributed by atoms with Gasteiger partial charge in [0.1, 0.15) is 20.9 Å². The SMILES string of the molecule is CC(C)C1Cn2ncc(S(=N)(N)=O)c2O1. The Labute approximate surface area is 88.5 Å². The normalized spacial score (nSPS) is 23.6. The Morgan fingerprint density at radius 2 is 2.47 bits per heavy atom. The molecule has 1 aromatic rings. The van der Waals surface area contributed by atoms with Gasteiger partial charge in [-0.15, -0.1) is 0 Å². The topological polar surface area (TPSA) is 94.0 Å². The number of nitrogens with zero attached hydrogens (tertiary/aromatic N) is 2. The predicted octanol–water partition coefficient (Wildman–Crippen LogP) is 0.579. The molecule has 1 aliphatic heterocycles. The van der Waals surface area contributed by atoms with Crippen LogP contribution >= 0.6 is 0 Å². The van der Waals surface area contributed by atoms with E-state index >= 15 is 0 Å². The molecule has 3 N–H and O–H groups in total. The van der Waals surface area contributed by atoms with Crippen molar-refractivity contribution >= 4 is 9.92 Å². The van der Waals surface area contributed by atoms with E-state index in [1.54, 1.807) is 4.68 Å². The molecular formula is C8H14N4O2S. The molecule has 6 nitrogen and oxygen atoms in total. The quantitative estimate of drug-likeness (QED) is 0.778. The third-order valence-corrected chi connectivity index (χ3v) is 3.38. The van der Waals surface area contributed by atoms with Crippen LogP contribution in [0.4, 0.5) is 0 Å². The average Bonchev–Trinajstić information content (AvgIpc) is 2.56. The standard InChI is InChI=1S/C8H14N4O2S/c1-5(2)6-4-12-8(14-6)7(3-11-12)15(9,10)13/h3,5-6H,4H2,1-2H3,(H3,9,10,13). The van der Waals surface area contributed by atoms with Crippen LogP contribution in [0, 0.1) is 10.7 Å². The first-order chi connectivity index (χ1) is 6.89. The molecule has 1 aliphatic rings. The molecule has 0 fully saturated rings. The van der Waals surface area contributed by atoms with Gasteiger partial charge in [0.2, 0.25) is 5.88 Å². The number of fused-ring (bicyclic) bond motifs is 1. The van der Waals surface area contributed by atoms with Gasteiger partial charge in [0.05, 0.1) is 12.7 Å². The lowest BCUT2D eigenvalue weighted by molar-refractivity contribution is 0.173. The summed E-state index contributed by atoms with van der Waals surface area (Å²) in [6.07, 6.45) is 1.37. The van der Waals surface area contributed by atoms with Gasteiger partial charge in [-0.25, -0.2) is 18.8 Å². The molecule has 2 rings (SSSR count). The summed E-state index contributed by atoms with van der Waals surface area (Å²) in [4.78, 5) is 0.186. The third-order valence-electron chi connectivity index (χ3n) is 2.45. The van der Waals surface area contributed by atoms with E-state index in [2.05, 4.69) is 5.10 Å². The lowest BCUT2D eigenvalue weighted by Crippen LogP contribution is -2.22. The molecule has 7 heteroatoms. The largest absolute Gasteiger partial charge is 0.471 e. The molecule has 0 aromatic carbocycles. The van der Waals surface area contributed by atoms with Crippen molar-refractivity contribution in [2.75, 3.05) is 0 Å². The fraction of sp³-hybridized carbons (Fsp3) is 0.625. The van der Waals surface area contributed by atoms with Crippen LogP contribution in [0.15, 0.2) is 11.1 Å². The van der Waals surface area contributed by atoms with Gasteiger partial charge in [-0.3, -0.25) is 0 Å². The first kappa shape index (κ1) is 10.4. The van der Waals surface area contributed by atoms with E-state index in [0.717, 1.165) is 0 Å². The monoisotopic (exact) mass is 230 g/mol. The van der Waals surface area contributed by atoms with Gasteiger partial charge < -0.3 is 4.74 Å². The molecule has 15 heavy (non-hydrogen) atoms. The first-order valence-electron chi connectivity index (χ1n) is 4.68. The minimum atomic E-state index is -3.24. The van der Waals surface area contributed by atoms with Crippen LogP contribution in [0.1, 0.15) is 13.8 Å². The molecule has 0 saturated carbocycles. The van der Waals surface area contributed by atoms with Crippen molar-refractivity contribution < 1.29 is 8.95 Å². The Morgan fingerprint density at radius 3 is 3.00 bits per heavy atom. The average molecular weight is 230 g/mol. The molecule has 0 amide bonds. The van der Waals surface area contributed by atoms with Crippen molar-refractivity contribution in [3.8, 4) is 5.88 Å². The second-order valence-electron chi connectivity index (χ2n) is 4.00. The molecule has 0 bridgehead atoms. The molecule has 1 aromatic heterocycles. The Morgan fingerprint density at radius 1 is 1.80 bits per heavy atom. The van der Waals surface area contributed by atoms with E-state index in [-0.39, 0.29) is 11.0 Å².